The second-order valence-corrected chi connectivity index (χ2v) is 7.47. The van der Waals surface area contributed by atoms with Crippen LogP contribution in [0.4, 0.5) is 0 Å². The maximum Gasteiger partial charge on any atom is 0.270 e. The standard InChI is InChI=1S/C21H21ClN4O2/c1-12-5-4-6-16(22)20(12)26-19-11-28-10-18(15(19)9-24-26)25-21(27)17-7-13(2)14(3)8-23-17/h4-9,18H,10-11H2,1-3H3,(H,25,27)/t18-/m0/s1. The number of halogens is 1. The summed E-state index contributed by atoms with van der Waals surface area (Å²) in [4.78, 5) is 16.9. The van der Waals surface area contributed by atoms with Gasteiger partial charge in [0.25, 0.3) is 5.91 Å². The summed E-state index contributed by atoms with van der Waals surface area (Å²) in [6.07, 6.45) is 3.49. The highest BCUT2D eigenvalue weighted by molar-refractivity contribution is 6.32. The Morgan fingerprint density at radius 2 is 2.04 bits per heavy atom. The first kappa shape index (κ1) is 18.7. The van der Waals surface area contributed by atoms with Crippen LogP contribution in [0.25, 0.3) is 5.69 Å². The van der Waals surface area contributed by atoms with Gasteiger partial charge in [-0.1, -0.05) is 23.7 Å². The van der Waals surface area contributed by atoms with Gasteiger partial charge in [0, 0.05) is 11.8 Å². The molecule has 1 aliphatic heterocycles. The van der Waals surface area contributed by atoms with Gasteiger partial charge in [0.15, 0.2) is 0 Å². The first-order valence-electron chi connectivity index (χ1n) is 9.10. The number of benzene rings is 1. The molecule has 7 heteroatoms. The van der Waals surface area contributed by atoms with E-state index in [1.807, 2.05) is 39.0 Å². The third-order valence-corrected chi connectivity index (χ3v) is 5.42. The van der Waals surface area contributed by atoms with Crippen molar-refractivity contribution in [3.05, 3.63) is 75.3 Å². The van der Waals surface area contributed by atoms with Gasteiger partial charge in [-0.25, -0.2) is 4.68 Å². The zero-order chi connectivity index (χ0) is 19.8. The van der Waals surface area contributed by atoms with Crippen LogP contribution in [0, 0.1) is 20.8 Å². The van der Waals surface area contributed by atoms with Crippen LogP contribution >= 0.6 is 11.6 Å². The second-order valence-electron chi connectivity index (χ2n) is 7.06. The molecule has 0 saturated heterocycles. The molecule has 1 atom stereocenters. The van der Waals surface area contributed by atoms with Gasteiger partial charge in [-0.05, 0) is 49.6 Å². The Morgan fingerprint density at radius 3 is 2.79 bits per heavy atom. The molecule has 1 N–H and O–H groups in total. The predicted molar refractivity (Wildman–Crippen MR) is 107 cm³/mol. The average molecular weight is 397 g/mol. The Balaban J connectivity index is 1.64. The molecule has 1 aliphatic rings. The van der Waals surface area contributed by atoms with E-state index in [0.717, 1.165) is 33.6 Å². The van der Waals surface area contributed by atoms with Crippen molar-refractivity contribution in [1.82, 2.24) is 20.1 Å². The molecule has 0 aliphatic carbocycles. The van der Waals surface area contributed by atoms with Crippen LogP contribution in [0.2, 0.25) is 5.02 Å². The van der Waals surface area contributed by atoms with Crippen LogP contribution in [0.3, 0.4) is 0 Å². The topological polar surface area (TPSA) is 69.0 Å². The molecule has 144 valence electrons. The lowest BCUT2D eigenvalue weighted by Crippen LogP contribution is -2.34. The molecule has 0 radical (unpaired) electrons. The van der Waals surface area contributed by atoms with Crippen molar-refractivity contribution in [2.24, 2.45) is 0 Å². The van der Waals surface area contributed by atoms with E-state index in [1.54, 1.807) is 23.1 Å². The number of ether oxygens (including phenoxy) is 1. The molecule has 6 nitrogen and oxygen atoms in total. The number of aryl methyl sites for hydroxylation is 3. The number of amides is 1. The Hall–Kier alpha value is -2.70. The summed E-state index contributed by atoms with van der Waals surface area (Å²) in [5, 5.41) is 8.17. The minimum absolute atomic E-state index is 0.230. The van der Waals surface area contributed by atoms with Gasteiger partial charge in [-0.2, -0.15) is 5.10 Å². The monoisotopic (exact) mass is 396 g/mol. The highest BCUT2D eigenvalue weighted by atomic mass is 35.5. The number of nitrogens with zero attached hydrogens (tertiary/aromatic N) is 3. The molecule has 0 bridgehead atoms. The molecule has 0 unspecified atom stereocenters. The molecule has 2 aromatic heterocycles. The van der Waals surface area contributed by atoms with Crippen molar-refractivity contribution in [3.63, 3.8) is 0 Å². The Kier molecular flexibility index (Phi) is 4.91. The number of fused-ring (bicyclic) bond motifs is 1. The highest BCUT2D eigenvalue weighted by Gasteiger charge is 2.28. The fraction of sp³-hybridized carbons (Fsp3) is 0.286. The maximum absolute atomic E-state index is 12.7. The van der Waals surface area contributed by atoms with Crippen LogP contribution in [-0.4, -0.2) is 27.3 Å². The zero-order valence-corrected chi connectivity index (χ0v) is 16.7. The smallest absolute Gasteiger partial charge is 0.270 e. The summed E-state index contributed by atoms with van der Waals surface area (Å²) in [7, 11) is 0. The van der Waals surface area contributed by atoms with Crippen molar-refractivity contribution in [1.29, 1.82) is 0 Å². The fourth-order valence-electron chi connectivity index (χ4n) is 3.37. The van der Waals surface area contributed by atoms with Gasteiger partial charge in [-0.3, -0.25) is 9.78 Å². The van der Waals surface area contributed by atoms with E-state index in [4.69, 9.17) is 16.3 Å². The van der Waals surface area contributed by atoms with E-state index in [0.29, 0.717) is 23.9 Å². The van der Waals surface area contributed by atoms with Gasteiger partial charge in [0.1, 0.15) is 5.69 Å². The summed E-state index contributed by atoms with van der Waals surface area (Å²) in [6, 6.07) is 7.24. The largest absolute Gasteiger partial charge is 0.373 e. The van der Waals surface area contributed by atoms with E-state index in [2.05, 4.69) is 15.4 Å². The van der Waals surface area contributed by atoms with Crippen LogP contribution < -0.4 is 5.32 Å². The first-order chi connectivity index (χ1) is 13.5. The molecular weight excluding hydrogens is 376 g/mol. The summed E-state index contributed by atoms with van der Waals surface area (Å²) in [5.41, 5.74) is 6.15. The lowest BCUT2D eigenvalue weighted by molar-refractivity contribution is 0.0684. The molecule has 3 aromatic rings. The third-order valence-electron chi connectivity index (χ3n) is 5.11. The number of carbonyl (C=O) groups excluding carboxylic acids is 1. The van der Waals surface area contributed by atoms with Gasteiger partial charge < -0.3 is 10.1 Å². The lowest BCUT2D eigenvalue weighted by atomic mass is 10.1. The number of aromatic nitrogens is 3. The maximum atomic E-state index is 12.7. The third kappa shape index (κ3) is 3.30. The molecule has 0 fully saturated rings. The van der Waals surface area contributed by atoms with E-state index in [-0.39, 0.29) is 11.9 Å². The molecule has 1 amide bonds. The number of carbonyl (C=O) groups is 1. The van der Waals surface area contributed by atoms with E-state index >= 15 is 0 Å². The van der Waals surface area contributed by atoms with Crippen LogP contribution in [-0.2, 0) is 11.3 Å². The van der Waals surface area contributed by atoms with Gasteiger partial charge >= 0.3 is 0 Å². The van der Waals surface area contributed by atoms with E-state index < -0.39 is 0 Å². The van der Waals surface area contributed by atoms with Crippen molar-refractivity contribution in [3.8, 4) is 5.69 Å². The Labute approximate surface area is 168 Å². The SMILES string of the molecule is Cc1cnc(C(=O)N[C@H]2COCc3c2cnn3-c2c(C)cccc2Cl)cc1C. The average Bonchev–Trinajstić information content (AvgIpc) is 3.09. The summed E-state index contributed by atoms with van der Waals surface area (Å²) in [5.74, 6) is -0.230. The molecule has 0 saturated carbocycles. The molecule has 0 spiro atoms. The fourth-order valence-corrected chi connectivity index (χ4v) is 3.67. The normalized spacial score (nSPS) is 15.9. The van der Waals surface area contributed by atoms with Crippen molar-refractivity contribution in [2.45, 2.75) is 33.4 Å². The highest BCUT2D eigenvalue weighted by Crippen LogP contribution is 2.31. The minimum Gasteiger partial charge on any atom is -0.373 e. The molecule has 28 heavy (non-hydrogen) atoms. The number of rotatable bonds is 3. The number of nitrogens with one attached hydrogen (secondary N) is 1. The Morgan fingerprint density at radius 1 is 1.21 bits per heavy atom. The van der Waals surface area contributed by atoms with Crippen molar-refractivity contribution < 1.29 is 9.53 Å². The van der Waals surface area contributed by atoms with Crippen LogP contribution in [0.15, 0.2) is 36.7 Å². The van der Waals surface area contributed by atoms with Crippen molar-refractivity contribution >= 4 is 17.5 Å². The quantitative estimate of drug-likeness (QED) is 0.730. The van der Waals surface area contributed by atoms with Crippen LogP contribution in [0.1, 0.15) is 44.5 Å². The summed E-state index contributed by atoms with van der Waals surface area (Å²) < 4.78 is 7.55. The molecule has 3 heterocycles. The second kappa shape index (κ2) is 7.37. The molecular formula is C21H21ClN4O2. The van der Waals surface area contributed by atoms with Gasteiger partial charge in [0.2, 0.25) is 0 Å². The number of pyridine rings is 1. The predicted octanol–water partition coefficient (Wildman–Crippen LogP) is 3.85. The number of para-hydroxylation sites is 1. The first-order valence-corrected chi connectivity index (χ1v) is 9.47. The lowest BCUT2D eigenvalue weighted by Gasteiger charge is -2.25. The number of hydrogen-bond donors (Lipinski definition) is 1. The zero-order valence-electron chi connectivity index (χ0n) is 16.0. The van der Waals surface area contributed by atoms with E-state index in [1.165, 1.54) is 0 Å². The summed E-state index contributed by atoms with van der Waals surface area (Å²) in [6.45, 7) is 6.72. The van der Waals surface area contributed by atoms with Gasteiger partial charge in [-0.15, -0.1) is 0 Å². The van der Waals surface area contributed by atoms with Crippen LogP contribution in [0.5, 0.6) is 0 Å². The molecule has 1 aromatic carbocycles. The van der Waals surface area contributed by atoms with Crippen molar-refractivity contribution in [2.75, 3.05) is 6.61 Å². The molecule has 4 rings (SSSR count). The Bertz CT molecular complexity index is 1040. The summed E-state index contributed by atoms with van der Waals surface area (Å²) >= 11 is 6.41. The number of hydrogen-bond acceptors (Lipinski definition) is 4. The minimum atomic E-state index is -0.295. The van der Waals surface area contributed by atoms with E-state index in [9.17, 15) is 4.79 Å². The van der Waals surface area contributed by atoms with Gasteiger partial charge in [0.05, 0.1) is 41.9 Å².